The average molecular weight is 505 g/mol. The Balaban J connectivity index is 0.00000342. The molecule has 4 rings (SSSR count). The summed E-state index contributed by atoms with van der Waals surface area (Å²) in [6.45, 7) is 4.53. The number of halogens is 1. The molecule has 0 aromatic heterocycles. The number of fused-ring (bicyclic) bond motifs is 1. The van der Waals surface area contributed by atoms with Crippen LogP contribution in [0, 0.1) is 5.92 Å². The highest BCUT2D eigenvalue weighted by atomic mass is 35.5. The van der Waals surface area contributed by atoms with Crippen molar-refractivity contribution < 1.29 is 23.7 Å². The maximum Gasteiger partial charge on any atom is 0.254 e. The summed E-state index contributed by atoms with van der Waals surface area (Å²) in [6.07, 6.45) is 4.51. The van der Waals surface area contributed by atoms with E-state index in [1.54, 1.807) is 28.4 Å². The molecule has 1 atom stereocenters. The molecule has 0 N–H and O–H groups in total. The molecule has 0 radical (unpaired) electrons. The summed E-state index contributed by atoms with van der Waals surface area (Å²) in [6, 6.07) is 9.91. The summed E-state index contributed by atoms with van der Waals surface area (Å²) < 4.78 is 21.6. The lowest BCUT2D eigenvalue weighted by atomic mass is 10.0. The lowest BCUT2D eigenvalue weighted by Crippen LogP contribution is -2.37. The molecule has 192 valence electrons. The Bertz CT molecular complexity index is 1020. The van der Waals surface area contributed by atoms with Crippen LogP contribution in [0.5, 0.6) is 23.0 Å². The molecular weight excluding hydrogens is 468 g/mol. The van der Waals surface area contributed by atoms with Gasteiger partial charge in [-0.1, -0.05) is 12.5 Å². The molecule has 1 fully saturated rings. The average Bonchev–Trinajstić information content (AvgIpc) is 3.01. The quantitative estimate of drug-likeness (QED) is 0.503. The van der Waals surface area contributed by atoms with Gasteiger partial charge in [0, 0.05) is 31.7 Å². The fraction of sp³-hybridized carbons (Fsp3) is 0.519. The van der Waals surface area contributed by atoms with Crippen molar-refractivity contribution in [2.75, 3.05) is 54.6 Å². The number of hydrogen-bond acceptors (Lipinski definition) is 6. The number of carbonyl (C=O) groups is 1. The summed E-state index contributed by atoms with van der Waals surface area (Å²) in [7, 11) is 6.56. The van der Waals surface area contributed by atoms with Gasteiger partial charge in [-0.2, -0.15) is 0 Å². The van der Waals surface area contributed by atoms with Gasteiger partial charge in [0.15, 0.2) is 23.0 Å². The van der Waals surface area contributed by atoms with Crippen LogP contribution >= 0.6 is 12.4 Å². The lowest BCUT2D eigenvalue weighted by molar-refractivity contribution is 0.0736. The Morgan fingerprint density at radius 3 is 2.29 bits per heavy atom. The molecule has 35 heavy (non-hydrogen) atoms. The van der Waals surface area contributed by atoms with Crippen LogP contribution in [0.2, 0.25) is 0 Å². The maximum atomic E-state index is 13.1. The summed E-state index contributed by atoms with van der Waals surface area (Å²) in [5, 5.41) is 0. The summed E-state index contributed by atoms with van der Waals surface area (Å²) in [4.78, 5) is 17.7. The highest BCUT2D eigenvalue weighted by molar-refractivity contribution is 5.99. The van der Waals surface area contributed by atoms with Crippen LogP contribution in [0.4, 0.5) is 0 Å². The van der Waals surface area contributed by atoms with E-state index in [-0.39, 0.29) is 18.3 Å². The zero-order chi connectivity index (χ0) is 24.1. The van der Waals surface area contributed by atoms with Crippen LogP contribution < -0.4 is 18.9 Å². The van der Waals surface area contributed by atoms with E-state index in [0.717, 1.165) is 61.6 Å². The molecule has 0 aliphatic carbocycles. The number of methoxy groups -OCH3 is 4. The van der Waals surface area contributed by atoms with E-state index in [1.165, 1.54) is 18.4 Å². The molecule has 2 aromatic carbocycles. The van der Waals surface area contributed by atoms with Gasteiger partial charge in [0.1, 0.15) is 0 Å². The van der Waals surface area contributed by atoms with Gasteiger partial charge < -0.3 is 28.7 Å². The minimum Gasteiger partial charge on any atom is -0.493 e. The van der Waals surface area contributed by atoms with Crippen molar-refractivity contribution in [3.63, 3.8) is 0 Å². The van der Waals surface area contributed by atoms with Crippen molar-refractivity contribution in [1.29, 1.82) is 0 Å². The standard InChI is InChI=1S/C27H36N2O5.ClH/c1-31-23-9-8-19(13-24(23)32-2)10-12-28-11-6-5-7-20(16-28)17-29-18-21-14-25(33-3)26(34-4)15-22(21)27(29)30;/h8-9,13-15,20H,5-7,10-12,16-18H2,1-4H3;1H. The van der Waals surface area contributed by atoms with E-state index in [2.05, 4.69) is 17.0 Å². The smallest absolute Gasteiger partial charge is 0.254 e. The number of likely N-dealkylation sites (tertiary alicyclic amines) is 1. The lowest BCUT2D eigenvalue weighted by Gasteiger charge is -2.27. The number of rotatable bonds is 9. The van der Waals surface area contributed by atoms with E-state index < -0.39 is 0 Å². The van der Waals surface area contributed by atoms with Gasteiger partial charge in [0.2, 0.25) is 0 Å². The third-order valence-electron chi connectivity index (χ3n) is 6.98. The summed E-state index contributed by atoms with van der Waals surface area (Å²) >= 11 is 0. The molecule has 0 saturated carbocycles. The van der Waals surface area contributed by atoms with Crippen molar-refractivity contribution in [3.05, 3.63) is 47.0 Å². The molecule has 1 amide bonds. The van der Waals surface area contributed by atoms with E-state index in [0.29, 0.717) is 24.0 Å². The number of benzene rings is 2. The van der Waals surface area contributed by atoms with Crippen LogP contribution in [0.25, 0.3) is 0 Å². The van der Waals surface area contributed by atoms with E-state index in [4.69, 9.17) is 18.9 Å². The van der Waals surface area contributed by atoms with E-state index in [1.807, 2.05) is 23.1 Å². The molecule has 7 nitrogen and oxygen atoms in total. The third kappa shape index (κ3) is 6.14. The molecule has 0 spiro atoms. The number of amides is 1. The monoisotopic (exact) mass is 504 g/mol. The molecule has 1 unspecified atom stereocenters. The second kappa shape index (κ2) is 12.4. The van der Waals surface area contributed by atoms with Gasteiger partial charge in [-0.05, 0) is 67.1 Å². The first-order valence-electron chi connectivity index (χ1n) is 12.0. The van der Waals surface area contributed by atoms with E-state index >= 15 is 0 Å². The van der Waals surface area contributed by atoms with Crippen molar-refractivity contribution in [3.8, 4) is 23.0 Å². The van der Waals surface area contributed by atoms with Crippen molar-refractivity contribution >= 4 is 18.3 Å². The Morgan fingerprint density at radius 2 is 1.57 bits per heavy atom. The SMILES string of the molecule is COc1ccc(CCN2CCCCC(CN3Cc4cc(OC)c(OC)cc4C3=O)C2)cc1OC.Cl. The zero-order valence-electron chi connectivity index (χ0n) is 21.2. The van der Waals surface area contributed by atoms with Crippen molar-refractivity contribution in [2.24, 2.45) is 5.92 Å². The van der Waals surface area contributed by atoms with Gasteiger partial charge >= 0.3 is 0 Å². The van der Waals surface area contributed by atoms with Crippen molar-refractivity contribution in [1.82, 2.24) is 9.80 Å². The van der Waals surface area contributed by atoms with Crippen LogP contribution in [0.3, 0.4) is 0 Å². The molecule has 1 saturated heterocycles. The van der Waals surface area contributed by atoms with Gasteiger partial charge in [-0.25, -0.2) is 0 Å². The van der Waals surface area contributed by atoms with Gasteiger partial charge in [-0.15, -0.1) is 12.4 Å². The minimum atomic E-state index is 0. The Hall–Kier alpha value is -2.64. The predicted molar refractivity (Wildman–Crippen MR) is 139 cm³/mol. The largest absolute Gasteiger partial charge is 0.493 e. The second-order valence-electron chi connectivity index (χ2n) is 9.15. The topological polar surface area (TPSA) is 60.5 Å². The zero-order valence-corrected chi connectivity index (χ0v) is 22.0. The Kier molecular flexibility index (Phi) is 9.52. The number of nitrogens with zero attached hydrogens (tertiary/aromatic N) is 2. The molecular formula is C27H37ClN2O5. The van der Waals surface area contributed by atoms with Gasteiger partial charge in [0.05, 0.1) is 28.4 Å². The minimum absolute atomic E-state index is 0. The van der Waals surface area contributed by atoms with Crippen LogP contribution in [-0.2, 0) is 13.0 Å². The Labute approximate surface area is 214 Å². The third-order valence-corrected chi connectivity index (χ3v) is 6.98. The molecule has 2 aliphatic heterocycles. The first-order valence-corrected chi connectivity index (χ1v) is 12.0. The van der Waals surface area contributed by atoms with E-state index in [9.17, 15) is 4.79 Å². The summed E-state index contributed by atoms with van der Waals surface area (Å²) in [5.74, 6) is 3.37. The van der Waals surface area contributed by atoms with Crippen LogP contribution in [0.1, 0.15) is 40.7 Å². The van der Waals surface area contributed by atoms with Gasteiger partial charge in [-0.3, -0.25) is 4.79 Å². The highest BCUT2D eigenvalue weighted by Gasteiger charge is 2.31. The Morgan fingerprint density at radius 1 is 0.886 bits per heavy atom. The van der Waals surface area contributed by atoms with Crippen molar-refractivity contribution in [2.45, 2.75) is 32.2 Å². The summed E-state index contributed by atoms with van der Waals surface area (Å²) in [5.41, 5.74) is 2.99. The molecule has 2 heterocycles. The highest BCUT2D eigenvalue weighted by Crippen LogP contribution is 2.35. The first kappa shape index (κ1) is 27.0. The number of carbonyl (C=O) groups excluding carboxylic acids is 1. The predicted octanol–water partition coefficient (Wildman–Crippen LogP) is 4.44. The van der Waals surface area contributed by atoms with Crippen LogP contribution in [0.15, 0.2) is 30.3 Å². The molecule has 2 aromatic rings. The van der Waals surface area contributed by atoms with Gasteiger partial charge in [0.25, 0.3) is 5.91 Å². The van der Waals surface area contributed by atoms with Crippen LogP contribution in [-0.4, -0.2) is 70.3 Å². The maximum absolute atomic E-state index is 13.1. The second-order valence-corrected chi connectivity index (χ2v) is 9.15. The molecule has 0 bridgehead atoms. The normalized spacial score (nSPS) is 17.9. The number of ether oxygens (including phenoxy) is 4. The molecule has 2 aliphatic rings. The first-order chi connectivity index (χ1) is 16.6. The molecule has 8 heteroatoms. The fourth-order valence-electron chi connectivity index (χ4n) is 5.15. The number of hydrogen-bond donors (Lipinski definition) is 0. The fourth-order valence-corrected chi connectivity index (χ4v) is 5.15.